The smallest absolute Gasteiger partial charge is 0.246 e. The fraction of sp³-hybridized carbons (Fsp3) is 0.667. The van der Waals surface area contributed by atoms with Gasteiger partial charge >= 0.3 is 0 Å². The lowest BCUT2D eigenvalue weighted by Gasteiger charge is -2.46. The Hall–Kier alpha value is -1.43. The first kappa shape index (κ1) is 14.5. The van der Waals surface area contributed by atoms with Crippen LogP contribution in [0.15, 0.2) is 5.51 Å². The zero-order valence-electron chi connectivity index (χ0n) is 12.5. The van der Waals surface area contributed by atoms with E-state index in [1.54, 1.807) is 21.7 Å². The predicted octanol–water partition coefficient (Wildman–Crippen LogP) is 1.95. The Kier molecular flexibility index (Phi) is 3.97. The molecule has 2 atom stereocenters. The molecule has 0 radical (unpaired) electrons. The summed E-state index contributed by atoms with van der Waals surface area (Å²) in [5.41, 5.74) is 2.76. The Morgan fingerprint density at radius 2 is 2.14 bits per heavy atom. The van der Waals surface area contributed by atoms with Crippen LogP contribution in [0, 0.1) is 6.92 Å². The van der Waals surface area contributed by atoms with Gasteiger partial charge in [0.05, 0.1) is 17.7 Å². The molecule has 2 fully saturated rings. The van der Waals surface area contributed by atoms with Crippen molar-refractivity contribution in [1.29, 1.82) is 0 Å². The topological polar surface area (TPSA) is 53.5 Å². The molecule has 114 valence electrons. The van der Waals surface area contributed by atoms with E-state index in [1.165, 1.54) is 0 Å². The van der Waals surface area contributed by atoms with Crippen LogP contribution in [0.2, 0.25) is 0 Å². The molecule has 3 heterocycles. The first-order valence-corrected chi connectivity index (χ1v) is 8.51. The van der Waals surface area contributed by atoms with Crippen LogP contribution >= 0.6 is 11.3 Å². The highest BCUT2D eigenvalue weighted by molar-refractivity contribution is 7.09. The van der Waals surface area contributed by atoms with Gasteiger partial charge in [-0.05, 0) is 32.6 Å². The van der Waals surface area contributed by atoms with Gasteiger partial charge in [-0.3, -0.25) is 9.59 Å². The van der Waals surface area contributed by atoms with Crippen molar-refractivity contribution < 1.29 is 9.59 Å². The molecule has 0 spiro atoms. The number of fused-ring (bicyclic) bond motifs is 1. The maximum Gasteiger partial charge on any atom is 0.246 e. The Balaban J connectivity index is 1.88. The number of amides is 2. The quantitative estimate of drug-likeness (QED) is 0.857. The first-order valence-electron chi connectivity index (χ1n) is 7.63. The molecule has 0 aliphatic carbocycles. The molecule has 1 aromatic rings. The normalized spacial score (nSPS) is 26.2. The summed E-state index contributed by atoms with van der Waals surface area (Å²) < 4.78 is 0. The maximum absolute atomic E-state index is 12.8. The number of piperazine rings is 1. The second-order valence-electron chi connectivity index (χ2n) is 5.79. The van der Waals surface area contributed by atoms with Crippen molar-refractivity contribution in [3.05, 3.63) is 16.1 Å². The number of carbonyl (C=O) groups excluding carboxylic acids is 2. The summed E-state index contributed by atoms with van der Waals surface area (Å²) in [6, 6.07) is -0.546. The van der Waals surface area contributed by atoms with Gasteiger partial charge in [0.15, 0.2) is 0 Å². The summed E-state index contributed by atoms with van der Waals surface area (Å²) in [6.45, 7) is 5.19. The lowest BCUT2D eigenvalue weighted by atomic mass is 9.94. The third-order valence-electron chi connectivity index (χ3n) is 4.56. The van der Waals surface area contributed by atoms with E-state index in [1.807, 2.05) is 18.7 Å². The van der Waals surface area contributed by atoms with Crippen LogP contribution in [-0.4, -0.2) is 45.2 Å². The van der Waals surface area contributed by atoms with Gasteiger partial charge in [-0.15, -0.1) is 11.3 Å². The van der Waals surface area contributed by atoms with Crippen LogP contribution < -0.4 is 0 Å². The van der Waals surface area contributed by atoms with Crippen molar-refractivity contribution in [3.63, 3.8) is 0 Å². The van der Waals surface area contributed by atoms with E-state index in [0.29, 0.717) is 13.0 Å². The number of hydrogen-bond donors (Lipinski definition) is 0. The SMILES string of the molecule is CCC1C(=O)N2CCCCC2C(=O)N1Cc1scnc1C. The second kappa shape index (κ2) is 5.75. The molecule has 2 amide bonds. The summed E-state index contributed by atoms with van der Waals surface area (Å²) in [5, 5.41) is 0. The average Bonchev–Trinajstić information content (AvgIpc) is 2.90. The number of carbonyl (C=O) groups is 2. The van der Waals surface area contributed by atoms with E-state index < -0.39 is 0 Å². The molecule has 0 N–H and O–H groups in total. The predicted molar refractivity (Wildman–Crippen MR) is 80.8 cm³/mol. The first-order chi connectivity index (χ1) is 10.1. The molecule has 2 unspecified atom stereocenters. The lowest BCUT2D eigenvalue weighted by Crippen LogP contribution is -2.65. The monoisotopic (exact) mass is 307 g/mol. The van der Waals surface area contributed by atoms with Gasteiger partial charge in [-0.25, -0.2) is 4.98 Å². The third-order valence-corrected chi connectivity index (χ3v) is 5.48. The molecule has 6 heteroatoms. The van der Waals surface area contributed by atoms with Crippen LogP contribution in [0.4, 0.5) is 0 Å². The fourth-order valence-electron chi connectivity index (χ4n) is 3.34. The van der Waals surface area contributed by atoms with Crippen LogP contribution in [0.25, 0.3) is 0 Å². The fourth-order valence-corrected chi connectivity index (χ4v) is 4.11. The molecule has 2 saturated heterocycles. The number of aromatic nitrogens is 1. The number of thiazole rings is 1. The lowest BCUT2D eigenvalue weighted by molar-refractivity contribution is -0.164. The van der Waals surface area contributed by atoms with Crippen molar-refractivity contribution in [1.82, 2.24) is 14.8 Å². The Morgan fingerprint density at radius 3 is 2.81 bits per heavy atom. The third kappa shape index (κ3) is 2.46. The van der Waals surface area contributed by atoms with E-state index in [2.05, 4.69) is 4.98 Å². The van der Waals surface area contributed by atoms with Gasteiger partial charge in [0.2, 0.25) is 11.8 Å². The van der Waals surface area contributed by atoms with Crippen molar-refractivity contribution in [2.24, 2.45) is 0 Å². The molecule has 21 heavy (non-hydrogen) atoms. The van der Waals surface area contributed by atoms with Crippen molar-refractivity contribution in [2.75, 3.05) is 6.54 Å². The summed E-state index contributed by atoms with van der Waals surface area (Å²) in [6.07, 6.45) is 3.52. The summed E-state index contributed by atoms with van der Waals surface area (Å²) >= 11 is 1.56. The summed E-state index contributed by atoms with van der Waals surface area (Å²) in [7, 11) is 0. The standard InChI is InChI=1S/C15H21N3O2S/c1-3-11-14(19)17-7-5-4-6-12(17)15(20)18(11)8-13-10(2)16-9-21-13/h9,11-12H,3-8H2,1-2H3. The minimum Gasteiger partial charge on any atom is -0.329 e. The molecular weight excluding hydrogens is 286 g/mol. The number of piperidine rings is 1. The number of hydrogen-bond acceptors (Lipinski definition) is 4. The molecule has 0 aromatic carbocycles. The maximum atomic E-state index is 12.8. The number of nitrogens with zero attached hydrogens (tertiary/aromatic N) is 3. The van der Waals surface area contributed by atoms with E-state index in [9.17, 15) is 9.59 Å². The van der Waals surface area contributed by atoms with Crippen LogP contribution in [0.3, 0.4) is 0 Å². The van der Waals surface area contributed by atoms with Crippen LogP contribution in [0.5, 0.6) is 0 Å². The average molecular weight is 307 g/mol. The summed E-state index contributed by atoms with van der Waals surface area (Å²) in [5.74, 6) is 0.248. The zero-order valence-corrected chi connectivity index (χ0v) is 13.4. The molecule has 5 nitrogen and oxygen atoms in total. The minimum absolute atomic E-state index is 0.119. The zero-order chi connectivity index (χ0) is 15.0. The Bertz CT molecular complexity index is 557. The highest BCUT2D eigenvalue weighted by Crippen LogP contribution is 2.29. The van der Waals surface area contributed by atoms with E-state index in [-0.39, 0.29) is 23.9 Å². The number of rotatable bonds is 3. The molecule has 1 aromatic heterocycles. The van der Waals surface area contributed by atoms with Gasteiger partial charge in [-0.2, -0.15) is 0 Å². The van der Waals surface area contributed by atoms with Gasteiger partial charge in [0.25, 0.3) is 0 Å². The second-order valence-corrected chi connectivity index (χ2v) is 6.73. The largest absolute Gasteiger partial charge is 0.329 e. The van der Waals surface area contributed by atoms with Crippen molar-refractivity contribution >= 4 is 23.2 Å². The number of aryl methyl sites for hydroxylation is 1. The van der Waals surface area contributed by atoms with Gasteiger partial charge in [-0.1, -0.05) is 6.92 Å². The Morgan fingerprint density at radius 1 is 1.33 bits per heavy atom. The van der Waals surface area contributed by atoms with Crippen molar-refractivity contribution in [3.8, 4) is 0 Å². The minimum atomic E-state index is -0.312. The highest BCUT2D eigenvalue weighted by Gasteiger charge is 2.45. The van der Waals surface area contributed by atoms with Crippen LogP contribution in [-0.2, 0) is 16.1 Å². The molecule has 0 saturated carbocycles. The van der Waals surface area contributed by atoms with Gasteiger partial charge < -0.3 is 9.80 Å². The van der Waals surface area contributed by atoms with E-state index in [4.69, 9.17) is 0 Å². The summed E-state index contributed by atoms with van der Waals surface area (Å²) in [4.78, 5) is 34.4. The van der Waals surface area contributed by atoms with E-state index >= 15 is 0 Å². The van der Waals surface area contributed by atoms with Crippen LogP contribution in [0.1, 0.15) is 43.2 Å². The highest BCUT2D eigenvalue weighted by atomic mass is 32.1. The molecule has 3 rings (SSSR count). The molecule has 2 aliphatic heterocycles. The molecule has 2 aliphatic rings. The van der Waals surface area contributed by atoms with Crippen molar-refractivity contribution in [2.45, 2.75) is 58.2 Å². The van der Waals surface area contributed by atoms with Gasteiger partial charge in [0.1, 0.15) is 12.1 Å². The molecule has 0 bridgehead atoms. The van der Waals surface area contributed by atoms with E-state index in [0.717, 1.165) is 36.4 Å². The van der Waals surface area contributed by atoms with Gasteiger partial charge in [0, 0.05) is 11.4 Å². The molecular formula is C15H21N3O2S. The Labute approximate surface area is 129 Å².